The number of rotatable bonds is 3. The molecule has 1 amide bonds. The number of nitrogens with zero attached hydrogens (tertiary/aromatic N) is 1. The van der Waals surface area contributed by atoms with Crippen LogP contribution in [0.25, 0.3) is 0 Å². The average Bonchev–Trinajstić information content (AvgIpc) is 2.11. The van der Waals surface area contributed by atoms with E-state index >= 15 is 0 Å². The third-order valence-corrected chi connectivity index (χ3v) is 2.96. The molecule has 1 heterocycles. The molecular weight excluding hydrogens is 246 g/mol. The maximum atomic E-state index is 12.7. The molecule has 1 aromatic rings. The molecule has 0 atom stereocenters. The van der Waals surface area contributed by atoms with E-state index in [0.717, 1.165) is 12.1 Å². The lowest BCUT2D eigenvalue weighted by molar-refractivity contribution is -0.113. The molecule has 0 aliphatic carbocycles. The second kappa shape index (κ2) is 5.44. The molecule has 0 aromatic carbocycles. The van der Waals surface area contributed by atoms with Gasteiger partial charge in [0.2, 0.25) is 17.8 Å². The van der Waals surface area contributed by atoms with Gasteiger partial charge in [0.25, 0.3) is 0 Å². The number of thioether (sulfide) groups is 1. The minimum absolute atomic E-state index is 0.0356. The van der Waals surface area contributed by atoms with Gasteiger partial charge in [-0.25, -0.2) is 0 Å². The largest absolute Gasteiger partial charge is 0.325 e. The smallest absolute Gasteiger partial charge is 0.234 e. The molecule has 0 radical (unpaired) electrons. The highest BCUT2D eigenvalue weighted by Crippen LogP contribution is 2.23. The van der Waals surface area contributed by atoms with Crippen LogP contribution in [0.1, 0.15) is 20.8 Å². The Morgan fingerprint density at radius 3 is 2.35 bits per heavy atom. The van der Waals surface area contributed by atoms with Crippen LogP contribution >= 0.6 is 11.8 Å². The van der Waals surface area contributed by atoms with Gasteiger partial charge in [0.05, 0.1) is 5.75 Å². The second-order valence-electron chi connectivity index (χ2n) is 4.45. The Kier molecular flexibility index (Phi) is 4.45. The number of pyridine rings is 1. The van der Waals surface area contributed by atoms with Crippen LogP contribution in [0.4, 0.5) is 14.5 Å². The fourth-order valence-corrected chi connectivity index (χ4v) is 1.65. The SMILES string of the molecule is CC(C)(C)SCC(=O)Nc1cc(F)nc(F)c1. The Balaban J connectivity index is 2.56. The van der Waals surface area contributed by atoms with Gasteiger partial charge in [-0.3, -0.25) is 4.79 Å². The van der Waals surface area contributed by atoms with Gasteiger partial charge in [-0.15, -0.1) is 11.8 Å². The zero-order valence-corrected chi connectivity index (χ0v) is 10.7. The van der Waals surface area contributed by atoms with E-state index in [1.54, 1.807) is 0 Å². The third-order valence-electron chi connectivity index (χ3n) is 1.68. The van der Waals surface area contributed by atoms with Crippen molar-refractivity contribution in [2.75, 3.05) is 11.1 Å². The summed E-state index contributed by atoms with van der Waals surface area (Å²) < 4.78 is 25.5. The Morgan fingerprint density at radius 2 is 1.88 bits per heavy atom. The number of hydrogen-bond acceptors (Lipinski definition) is 3. The van der Waals surface area contributed by atoms with E-state index < -0.39 is 11.9 Å². The third kappa shape index (κ3) is 5.63. The molecule has 0 bridgehead atoms. The van der Waals surface area contributed by atoms with Gasteiger partial charge in [0.15, 0.2) is 0 Å². The van der Waals surface area contributed by atoms with Crippen molar-refractivity contribution < 1.29 is 13.6 Å². The number of aromatic nitrogens is 1. The summed E-state index contributed by atoms with van der Waals surface area (Å²) in [6.07, 6.45) is 0. The van der Waals surface area contributed by atoms with Crippen molar-refractivity contribution in [3.8, 4) is 0 Å². The van der Waals surface area contributed by atoms with E-state index in [9.17, 15) is 13.6 Å². The fourth-order valence-electron chi connectivity index (χ4n) is 1.02. The van der Waals surface area contributed by atoms with Crippen molar-refractivity contribution in [3.63, 3.8) is 0 Å². The molecule has 0 saturated carbocycles. The van der Waals surface area contributed by atoms with Crippen molar-refractivity contribution in [2.45, 2.75) is 25.5 Å². The highest BCUT2D eigenvalue weighted by molar-refractivity contribution is 8.01. The first kappa shape index (κ1) is 13.9. The molecule has 1 aromatic heterocycles. The Bertz CT molecular complexity index is 398. The molecule has 1 N–H and O–H groups in total. The summed E-state index contributed by atoms with van der Waals surface area (Å²) in [4.78, 5) is 14.4. The predicted molar refractivity (Wildman–Crippen MR) is 65.0 cm³/mol. The van der Waals surface area contributed by atoms with Crippen molar-refractivity contribution in [2.24, 2.45) is 0 Å². The molecule has 3 nitrogen and oxygen atoms in total. The van der Waals surface area contributed by atoms with E-state index in [2.05, 4.69) is 10.3 Å². The Labute approximate surface area is 103 Å². The molecule has 0 fully saturated rings. The lowest BCUT2D eigenvalue weighted by Crippen LogP contribution is -2.19. The maximum absolute atomic E-state index is 12.7. The van der Waals surface area contributed by atoms with Crippen LogP contribution in [-0.4, -0.2) is 21.4 Å². The highest BCUT2D eigenvalue weighted by atomic mass is 32.2. The van der Waals surface area contributed by atoms with Crippen molar-refractivity contribution in [1.29, 1.82) is 0 Å². The number of hydrogen-bond donors (Lipinski definition) is 1. The number of nitrogens with one attached hydrogen (secondary N) is 1. The van der Waals surface area contributed by atoms with E-state index in [1.807, 2.05) is 20.8 Å². The number of carbonyl (C=O) groups is 1. The maximum Gasteiger partial charge on any atom is 0.234 e. The molecule has 0 unspecified atom stereocenters. The zero-order chi connectivity index (χ0) is 13.1. The number of anilines is 1. The standard InChI is InChI=1S/C11H14F2N2OS/c1-11(2,3)17-6-10(16)14-7-4-8(12)15-9(13)5-7/h4-5H,6H2,1-3H3,(H,14,15,16). The van der Waals surface area contributed by atoms with Crippen LogP contribution in [0, 0.1) is 11.9 Å². The van der Waals surface area contributed by atoms with Crippen molar-refractivity contribution >= 4 is 23.4 Å². The number of carbonyl (C=O) groups excluding carboxylic acids is 1. The molecule has 94 valence electrons. The Hall–Kier alpha value is -1.17. The van der Waals surface area contributed by atoms with E-state index in [4.69, 9.17) is 0 Å². The summed E-state index contributed by atoms with van der Waals surface area (Å²) in [5.74, 6) is -1.97. The quantitative estimate of drug-likeness (QED) is 0.850. The van der Waals surface area contributed by atoms with Crippen molar-refractivity contribution in [1.82, 2.24) is 4.98 Å². The van der Waals surface area contributed by atoms with Crippen molar-refractivity contribution in [3.05, 3.63) is 24.0 Å². The van der Waals surface area contributed by atoms with Gasteiger partial charge in [0.1, 0.15) is 0 Å². The molecule has 0 saturated heterocycles. The first-order valence-corrected chi connectivity index (χ1v) is 6.02. The summed E-state index contributed by atoms with van der Waals surface area (Å²) >= 11 is 1.45. The van der Waals surface area contributed by atoms with Gasteiger partial charge in [-0.1, -0.05) is 20.8 Å². The minimum Gasteiger partial charge on any atom is -0.325 e. The lowest BCUT2D eigenvalue weighted by atomic mass is 10.3. The van der Waals surface area contributed by atoms with Gasteiger partial charge >= 0.3 is 0 Å². The molecular formula is C11H14F2N2OS. The first-order chi connectivity index (χ1) is 7.76. The van der Waals surface area contributed by atoms with Crippen LogP contribution in [0.15, 0.2) is 12.1 Å². The molecule has 1 rings (SSSR count). The van der Waals surface area contributed by atoms with Crippen LogP contribution < -0.4 is 5.32 Å². The molecule has 17 heavy (non-hydrogen) atoms. The number of amides is 1. The van der Waals surface area contributed by atoms with Crippen LogP contribution in [0.3, 0.4) is 0 Å². The van der Waals surface area contributed by atoms with E-state index in [1.165, 1.54) is 11.8 Å². The predicted octanol–water partition coefficient (Wildman–Crippen LogP) is 2.83. The summed E-state index contributed by atoms with van der Waals surface area (Å²) in [5, 5.41) is 2.42. The fraction of sp³-hybridized carbons (Fsp3) is 0.455. The Morgan fingerprint density at radius 1 is 1.35 bits per heavy atom. The summed E-state index contributed by atoms with van der Waals surface area (Å²) in [7, 11) is 0. The normalized spacial score (nSPS) is 11.4. The minimum atomic E-state index is -0.955. The summed E-state index contributed by atoms with van der Waals surface area (Å²) in [6, 6.07) is 1.95. The van der Waals surface area contributed by atoms with Crippen LogP contribution in [0.5, 0.6) is 0 Å². The molecule has 0 aliphatic heterocycles. The van der Waals surface area contributed by atoms with Gasteiger partial charge in [-0.05, 0) is 0 Å². The van der Waals surface area contributed by atoms with Gasteiger partial charge in [-0.2, -0.15) is 13.8 Å². The monoisotopic (exact) mass is 260 g/mol. The number of halogens is 2. The summed E-state index contributed by atoms with van der Waals surface area (Å²) in [5.41, 5.74) is 0.0782. The molecule has 0 aliphatic rings. The van der Waals surface area contributed by atoms with Gasteiger partial charge < -0.3 is 5.32 Å². The van der Waals surface area contributed by atoms with E-state index in [-0.39, 0.29) is 22.1 Å². The molecule has 0 spiro atoms. The first-order valence-electron chi connectivity index (χ1n) is 5.03. The van der Waals surface area contributed by atoms with Crippen LogP contribution in [0.2, 0.25) is 0 Å². The topological polar surface area (TPSA) is 42.0 Å². The lowest BCUT2D eigenvalue weighted by Gasteiger charge is -2.16. The van der Waals surface area contributed by atoms with Gasteiger partial charge in [0, 0.05) is 22.6 Å². The average molecular weight is 260 g/mol. The van der Waals surface area contributed by atoms with E-state index in [0.29, 0.717) is 0 Å². The summed E-state index contributed by atoms with van der Waals surface area (Å²) in [6.45, 7) is 5.95. The van der Waals surface area contributed by atoms with Crippen LogP contribution in [-0.2, 0) is 4.79 Å². The highest BCUT2D eigenvalue weighted by Gasteiger charge is 2.14. The second-order valence-corrected chi connectivity index (χ2v) is 6.25. The zero-order valence-electron chi connectivity index (χ0n) is 9.88. The molecule has 6 heteroatoms.